The van der Waals surface area contributed by atoms with Crippen molar-refractivity contribution in [2.75, 3.05) is 0 Å². The van der Waals surface area contributed by atoms with E-state index in [1.165, 1.54) is 6.07 Å². The average Bonchev–Trinajstić information content (AvgIpc) is 2.47. The SMILES string of the molecule is C=CCC(C(=O)O)[C@H]1CC[C@H](c2ccc(F)c(F)c2)CC1. The number of halogens is 2. The Bertz CT molecular complexity index is 520. The van der Waals surface area contributed by atoms with E-state index in [4.69, 9.17) is 0 Å². The second-order valence-electron chi connectivity index (χ2n) is 5.75. The Morgan fingerprint density at radius 2 is 1.95 bits per heavy atom. The van der Waals surface area contributed by atoms with Gasteiger partial charge in [0, 0.05) is 0 Å². The van der Waals surface area contributed by atoms with Gasteiger partial charge in [0.15, 0.2) is 11.6 Å². The lowest BCUT2D eigenvalue weighted by atomic mass is 9.73. The molecule has 0 amide bonds. The van der Waals surface area contributed by atoms with E-state index in [1.807, 2.05) is 0 Å². The molecule has 0 spiro atoms. The highest BCUT2D eigenvalue weighted by atomic mass is 19.2. The van der Waals surface area contributed by atoms with E-state index in [9.17, 15) is 18.7 Å². The second-order valence-corrected chi connectivity index (χ2v) is 5.75. The summed E-state index contributed by atoms with van der Waals surface area (Å²) in [7, 11) is 0. The second kappa shape index (κ2) is 6.83. The van der Waals surface area contributed by atoms with Crippen molar-refractivity contribution in [2.45, 2.75) is 38.0 Å². The molecule has 21 heavy (non-hydrogen) atoms. The number of carboxylic acid groups (broad SMARTS) is 1. The monoisotopic (exact) mass is 294 g/mol. The third-order valence-corrected chi connectivity index (χ3v) is 4.49. The topological polar surface area (TPSA) is 37.3 Å². The van der Waals surface area contributed by atoms with Crippen molar-refractivity contribution >= 4 is 5.97 Å². The van der Waals surface area contributed by atoms with Gasteiger partial charge in [0.1, 0.15) is 0 Å². The van der Waals surface area contributed by atoms with Crippen LogP contribution in [0.5, 0.6) is 0 Å². The molecular weight excluding hydrogens is 274 g/mol. The molecule has 1 atom stereocenters. The maximum absolute atomic E-state index is 13.3. The highest BCUT2D eigenvalue weighted by molar-refractivity contribution is 5.70. The van der Waals surface area contributed by atoms with E-state index in [0.717, 1.165) is 37.3 Å². The van der Waals surface area contributed by atoms with Gasteiger partial charge < -0.3 is 5.11 Å². The zero-order valence-electron chi connectivity index (χ0n) is 11.9. The van der Waals surface area contributed by atoms with Crippen LogP contribution in [-0.2, 0) is 4.79 Å². The molecule has 2 rings (SSSR count). The molecular formula is C17H20F2O2. The van der Waals surface area contributed by atoms with Crippen LogP contribution in [0.2, 0.25) is 0 Å². The third kappa shape index (κ3) is 3.69. The Balaban J connectivity index is 2.00. The first kappa shape index (κ1) is 15.7. The minimum absolute atomic E-state index is 0.141. The van der Waals surface area contributed by atoms with Crippen molar-refractivity contribution in [2.24, 2.45) is 11.8 Å². The smallest absolute Gasteiger partial charge is 0.307 e. The lowest BCUT2D eigenvalue weighted by molar-refractivity contribution is -0.144. The molecule has 1 fully saturated rings. The van der Waals surface area contributed by atoms with Crippen molar-refractivity contribution in [1.82, 2.24) is 0 Å². The first-order chi connectivity index (χ1) is 10.0. The van der Waals surface area contributed by atoms with Crippen molar-refractivity contribution in [3.8, 4) is 0 Å². The van der Waals surface area contributed by atoms with Crippen LogP contribution in [0.25, 0.3) is 0 Å². The summed E-state index contributed by atoms with van der Waals surface area (Å²) >= 11 is 0. The number of rotatable bonds is 5. The van der Waals surface area contributed by atoms with E-state index in [0.29, 0.717) is 6.42 Å². The lowest BCUT2D eigenvalue weighted by Gasteiger charge is -2.32. The van der Waals surface area contributed by atoms with Gasteiger partial charge in [-0.05, 0) is 61.6 Å². The zero-order chi connectivity index (χ0) is 15.4. The third-order valence-electron chi connectivity index (χ3n) is 4.49. The van der Waals surface area contributed by atoms with E-state index < -0.39 is 17.6 Å². The van der Waals surface area contributed by atoms with E-state index >= 15 is 0 Å². The first-order valence-electron chi connectivity index (χ1n) is 7.31. The predicted octanol–water partition coefficient (Wildman–Crippen LogP) is 4.52. The lowest BCUT2D eigenvalue weighted by Crippen LogP contribution is -2.27. The van der Waals surface area contributed by atoms with E-state index in [-0.39, 0.29) is 17.8 Å². The number of carbonyl (C=O) groups is 1. The van der Waals surface area contributed by atoms with E-state index in [1.54, 1.807) is 12.1 Å². The highest BCUT2D eigenvalue weighted by Crippen LogP contribution is 2.40. The van der Waals surface area contributed by atoms with Crippen LogP contribution < -0.4 is 0 Å². The molecule has 1 N–H and O–H groups in total. The Morgan fingerprint density at radius 3 is 2.48 bits per heavy atom. The molecule has 1 saturated carbocycles. The normalized spacial score (nSPS) is 23.5. The van der Waals surface area contributed by atoms with Gasteiger partial charge >= 0.3 is 5.97 Å². The van der Waals surface area contributed by atoms with Crippen molar-refractivity contribution < 1.29 is 18.7 Å². The summed E-state index contributed by atoms with van der Waals surface area (Å²) < 4.78 is 26.2. The molecule has 0 radical (unpaired) electrons. The van der Waals surface area contributed by atoms with Crippen molar-refractivity contribution in [3.63, 3.8) is 0 Å². The molecule has 1 aromatic carbocycles. The van der Waals surface area contributed by atoms with Crippen LogP contribution in [0.3, 0.4) is 0 Å². The molecule has 0 aromatic heterocycles. The Hall–Kier alpha value is -1.71. The Morgan fingerprint density at radius 1 is 1.29 bits per heavy atom. The molecule has 0 aliphatic heterocycles. The number of allylic oxidation sites excluding steroid dienone is 1. The first-order valence-corrected chi connectivity index (χ1v) is 7.31. The largest absolute Gasteiger partial charge is 0.481 e. The van der Waals surface area contributed by atoms with Gasteiger partial charge in [0.25, 0.3) is 0 Å². The maximum Gasteiger partial charge on any atom is 0.307 e. The minimum Gasteiger partial charge on any atom is -0.481 e. The van der Waals surface area contributed by atoms with Crippen molar-refractivity contribution in [3.05, 3.63) is 48.1 Å². The fourth-order valence-corrected chi connectivity index (χ4v) is 3.30. The molecule has 2 nitrogen and oxygen atoms in total. The molecule has 0 heterocycles. The number of carboxylic acids is 1. The van der Waals surface area contributed by atoms with Gasteiger partial charge in [-0.15, -0.1) is 6.58 Å². The Kier molecular flexibility index (Phi) is 5.10. The Labute approximate surface area is 123 Å². The molecule has 0 saturated heterocycles. The van der Waals surface area contributed by atoms with Crippen LogP contribution in [0.4, 0.5) is 8.78 Å². The molecule has 1 unspecified atom stereocenters. The summed E-state index contributed by atoms with van der Waals surface area (Å²) in [4.78, 5) is 11.3. The molecule has 4 heteroatoms. The number of aliphatic carboxylic acids is 1. The molecule has 1 aliphatic rings. The summed E-state index contributed by atoms with van der Waals surface area (Å²) in [6, 6.07) is 4.05. The van der Waals surface area contributed by atoms with Gasteiger partial charge in [0.05, 0.1) is 5.92 Å². The van der Waals surface area contributed by atoms with Crippen LogP contribution in [0, 0.1) is 23.5 Å². The number of benzene rings is 1. The van der Waals surface area contributed by atoms with Crippen LogP contribution in [0.1, 0.15) is 43.6 Å². The maximum atomic E-state index is 13.3. The number of hydrogen-bond acceptors (Lipinski definition) is 1. The minimum atomic E-state index is -0.829. The summed E-state index contributed by atoms with van der Waals surface area (Å²) in [6.45, 7) is 3.62. The van der Waals surface area contributed by atoms with Crippen LogP contribution in [0.15, 0.2) is 30.9 Å². The summed E-state index contributed by atoms with van der Waals surface area (Å²) in [6.07, 6.45) is 5.37. The van der Waals surface area contributed by atoms with Gasteiger partial charge in [-0.2, -0.15) is 0 Å². The summed E-state index contributed by atoms with van der Waals surface area (Å²) in [5, 5.41) is 9.27. The van der Waals surface area contributed by atoms with Gasteiger partial charge in [-0.1, -0.05) is 12.1 Å². The highest BCUT2D eigenvalue weighted by Gasteiger charge is 2.31. The average molecular weight is 294 g/mol. The fourth-order valence-electron chi connectivity index (χ4n) is 3.30. The van der Waals surface area contributed by atoms with Crippen LogP contribution in [-0.4, -0.2) is 11.1 Å². The van der Waals surface area contributed by atoms with Gasteiger partial charge in [-0.3, -0.25) is 4.79 Å². The van der Waals surface area contributed by atoms with Crippen molar-refractivity contribution in [1.29, 1.82) is 0 Å². The molecule has 1 aliphatic carbocycles. The number of hydrogen-bond donors (Lipinski definition) is 1. The molecule has 0 bridgehead atoms. The zero-order valence-corrected chi connectivity index (χ0v) is 11.9. The summed E-state index contributed by atoms with van der Waals surface area (Å²) in [5.41, 5.74) is 0.808. The van der Waals surface area contributed by atoms with Gasteiger partial charge in [0.2, 0.25) is 0 Å². The van der Waals surface area contributed by atoms with Gasteiger partial charge in [-0.25, -0.2) is 8.78 Å². The standard InChI is InChI=1S/C17H20F2O2/c1-2-3-14(17(20)21)12-6-4-11(5-7-12)13-8-9-15(18)16(19)10-13/h2,8-12,14H,1,3-7H2,(H,20,21)/t11-,12-,14?. The predicted molar refractivity (Wildman–Crippen MR) is 77.0 cm³/mol. The molecule has 114 valence electrons. The van der Waals surface area contributed by atoms with E-state index in [2.05, 4.69) is 6.58 Å². The summed E-state index contributed by atoms with van der Waals surface area (Å²) in [5.74, 6) is -2.47. The van der Waals surface area contributed by atoms with Crippen LogP contribution >= 0.6 is 0 Å². The fraction of sp³-hybridized carbons (Fsp3) is 0.471. The quantitative estimate of drug-likeness (QED) is 0.811. The molecule has 1 aromatic rings.